The highest BCUT2D eigenvalue weighted by atomic mass is 79.9. The summed E-state index contributed by atoms with van der Waals surface area (Å²) in [6.07, 6.45) is 3.46. The third kappa shape index (κ3) is 5.89. The molecular formula is C14H17BrO4. The zero-order valence-corrected chi connectivity index (χ0v) is 12.5. The summed E-state index contributed by atoms with van der Waals surface area (Å²) in [5.74, 6) is -0.275. The van der Waals surface area contributed by atoms with Gasteiger partial charge in [-0.15, -0.1) is 0 Å². The van der Waals surface area contributed by atoms with Crippen molar-refractivity contribution in [2.24, 2.45) is 0 Å². The minimum atomic E-state index is -0.980. The molecule has 0 heterocycles. The van der Waals surface area contributed by atoms with Crippen LogP contribution in [0.3, 0.4) is 0 Å². The number of hydrogen-bond acceptors (Lipinski definition) is 3. The fraction of sp³-hybridized carbons (Fsp3) is 0.357. The predicted octanol–water partition coefficient (Wildman–Crippen LogP) is 3.35. The number of methoxy groups -OCH3 is 1. The Kier molecular flexibility index (Phi) is 6.59. The second kappa shape index (κ2) is 7.96. The molecule has 1 atom stereocenters. The second-order valence-corrected chi connectivity index (χ2v) is 4.92. The van der Waals surface area contributed by atoms with Crippen LogP contribution in [0.4, 0.5) is 0 Å². The lowest BCUT2D eigenvalue weighted by molar-refractivity contribution is -0.131. The van der Waals surface area contributed by atoms with Crippen molar-refractivity contribution >= 4 is 28.0 Å². The molecule has 0 aromatic heterocycles. The maximum atomic E-state index is 10.5. The maximum Gasteiger partial charge on any atom is 0.328 e. The van der Waals surface area contributed by atoms with Crippen LogP contribution in [-0.4, -0.2) is 30.9 Å². The van der Waals surface area contributed by atoms with Crippen molar-refractivity contribution < 1.29 is 19.4 Å². The quantitative estimate of drug-likeness (QED) is 0.780. The number of halogens is 1. The van der Waals surface area contributed by atoms with Crippen LogP contribution in [0.5, 0.6) is 5.75 Å². The highest BCUT2D eigenvalue weighted by Crippen LogP contribution is 2.24. The molecule has 5 heteroatoms. The van der Waals surface area contributed by atoms with Crippen LogP contribution in [0.15, 0.2) is 28.7 Å². The predicted molar refractivity (Wildman–Crippen MR) is 77.4 cm³/mol. The average Bonchev–Trinajstić information content (AvgIpc) is 2.37. The van der Waals surface area contributed by atoms with Gasteiger partial charge < -0.3 is 14.6 Å². The van der Waals surface area contributed by atoms with Crippen LogP contribution in [0.2, 0.25) is 0 Å². The first-order valence-corrected chi connectivity index (χ1v) is 6.68. The molecule has 1 unspecified atom stereocenters. The lowest BCUT2D eigenvalue weighted by atomic mass is 10.2. The van der Waals surface area contributed by atoms with Crippen molar-refractivity contribution in [3.63, 3.8) is 0 Å². The Morgan fingerprint density at radius 3 is 2.89 bits per heavy atom. The van der Waals surface area contributed by atoms with Crippen molar-refractivity contribution in [1.29, 1.82) is 0 Å². The smallest absolute Gasteiger partial charge is 0.328 e. The molecule has 0 bridgehead atoms. The lowest BCUT2D eigenvalue weighted by Crippen LogP contribution is -2.14. The number of rotatable bonds is 7. The Morgan fingerprint density at radius 1 is 1.53 bits per heavy atom. The number of benzene rings is 1. The molecular weight excluding hydrogens is 312 g/mol. The number of carboxylic acid groups (broad SMARTS) is 1. The molecule has 0 fully saturated rings. The van der Waals surface area contributed by atoms with Gasteiger partial charge in [-0.3, -0.25) is 0 Å². The zero-order chi connectivity index (χ0) is 14.3. The molecule has 1 rings (SSSR count). The highest BCUT2D eigenvalue weighted by Gasteiger charge is 2.06. The molecule has 4 nitrogen and oxygen atoms in total. The summed E-state index contributed by atoms with van der Waals surface area (Å²) < 4.78 is 11.6. The topological polar surface area (TPSA) is 55.8 Å². The summed E-state index contributed by atoms with van der Waals surface area (Å²) in [5, 5.41) is 8.63. The van der Waals surface area contributed by atoms with Gasteiger partial charge in [-0.2, -0.15) is 0 Å². The van der Waals surface area contributed by atoms with Gasteiger partial charge in [0.1, 0.15) is 5.75 Å². The van der Waals surface area contributed by atoms with Gasteiger partial charge in [-0.05, 0) is 36.8 Å². The third-order valence-corrected chi connectivity index (χ3v) is 3.16. The molecule has 19 heavy (non-hydrogen) atoms. The van der Waals surface area contributed by atoms with E-state index in [0.29, 0.717) is 12.4 Å². The fourth-order valence-electron chi connectivity index (χ4n) is 1.46. The number of carboxylic acids is 1. The van der Waals surface area contributed by atoms with Gasteiger partial charge in [-0.1, -0.05) is 15.9 Å². The van der Waals surface area contributed by atoms with Gasteiger partial charge in [0.15, 0.2) is 0 Å². The van der Waals surface area contributed by atoms with Crippen molar-refractivity contribution in [2.45, 2.75) is 19.4 Å². The van der Waals surface area contributed by atoms with E-state index < -0.39 is 5.97 Å². The number of aliphatic carboxylic acids is 1. The Morgan fingerprint density at radius 2 is 2.26 bits per heavy atom. The van der Waals surface area contributed by atoms with E-state index in [2.05, 4.69) is 15.9 Å². The fourth-order valence-corrected chi connectivity index (χ4v) is 1.84. The normalized spacial score (nSPS) is 12.6. The summed E-state index contributed by atoms with van der Waals surface area (Å²) in [6.45, 7) is 2.61. The molecule has 1 aromatic carbocycles. The molecule has 0 saturated carbocycles. The minimum Gasteiger partial charge on any atom is -0.491 e. The standard InChI is InChI=1S/C14H17BrO4/c1-10(7-8-18-2)19-12-4-5-13(15)11(9-12)3-6-14(16)17/h3-6,9-10H,7-8H2,1-2H3,(H,16,17)/b6-3+. The van der Waals surface area contributed by atoms with Crippen LogP contribution in [-0.2, 0) is 9.53 Å². The van der Waals surface area contributed by atoms with E-state index in [1.54, 1.807) is 13.2 Å². The van der Waals surface area contributed by atoms with E-state index >= 15 is 0 Å². The zero-order valence-electron chi connectivity index (χ0n) is 10.9. The Labute approximate surface area is 121 Å². The van der Waals surface area contributed by atoms with Crippen LogP contribution >= 0.6 is 15.9 Å². The third-order valence-electron chi connectivity index (χ3n) is 2.44. The van der Waals surface area contributed by atoms with Crippen LogP contribution in [0, 0.1) is 0 Å². The minimum absolute atomic E-state index is 0.0393. The molecule has 0 aliphatic carbocycles. The van der Waals surface area contributed by atoms with Crippen molar-refractivity contribution in [2.75, 3.05) is 13.7 Å². The first kappa shape index (κ1) is 15.7. The van der Waals surface area contributed by atoms with E-state index in [1.165, 1.54) is 6.08 Å². The highest BCUT2D eigenvalue weighted by molar-refractivity contribution is 9.10. The number of ether oxygens (including phenoxy) is 2. The van der Waals surface area contributed by atoms with Crippen molar-refractivity contribution in [1.82, 2.24) is 0 Å². The Hall–Kier alpha value is -1.33. The monoisotopic (exact) mass is 328 g/mol. The largest absolute Gasteiger partial charge is 0.491 e. The molecule has 1 aromatic rings. The van der Waals surface area contributed by atoms with E-state index in [-0.39, 0.29) is 6.10 Å². The van der Waals surface area contributed by atoms with Crippen molar-refractivity contribution in [3.05, 3.63) is 34.3 Å². The SMILES string of the molecule is COCCC(C)Oc1ccc(Br)c(/C=C/C(=O)O)c1. The molecule has 1 N–H and O–H groups in total. The van der Waals surface area contributed by atoms with Crippen molar-refractivity contribution in [3.8, 4) is 5.75 Å². The van der Waals surface area contributed by atoms with Gasteiger partial charge in [0.25, 0.3) is 0 Å². The number of hydrogen-bond donors (Lipinski definition) is 1. The summed E-state index contributed by atoms with van der Waals surface area (Å²) in [6, 6.07) is 5.47. The molecule has 0 aliphatic rings. The van der Waals surface area contributed by atoms with E-state index in [4.69, 9.17) is 14.6 Å². The lowest BCUT2D eigenvalue weighted by Gasteiger charge is -2.15. The molecule has 104 valence electrons. The molecule has 0 aliphatic heterocycles. The molecule has 0 amide bonds. The summed E-state index contributed by atoms with van der Waals surface area (Å²) in [7, 11) is 1.65. The molecule has 0 radical (unpaired) electrons. The maximum absolute atomic E-state index is 10.5. The van der Waals surface area contributed by atoms with Crippen LogP contribution in [0.25, 0.3) is 6.08 Å². The van der Waals surface area contributed by atoms with Gasteiger partial charge in [0.05, 0.1) is 6.10 Å². The van der Waals surface area contributed by atoms with Gasteiger partial charge in [0, 0.05) is 30.7 Å². The number of carbonyl (C=O) groups is 1. The van der Waals surface area contributed by atoms with E-state index in [0.717, 1.165) is 22.5 Å². The van der Waals surface area contributed by atoms with E-state index in [9.17, 15) is 4.79 Å². The summed E-state index contributed by atoms with van der Waals surface area (Å²) in [4.78, 5) is 10.5. The molecule has 0 spiro atoms. The molecule has 0 saturated heterocycles. The Balaban J connectivity index is 2.75. The van der Waals surface area contributed by atoms with E-state index in [1.807, 2.05) is 19.1 Å². The van der Waals surface area contributed by atoms with Gasteiger partial charge >= 0.3 is 5.97 Å². The second-order valence-electron chi connectivity index (χ2n) is 4.06. The summed E-state index contributed by atoms with van der Waals surface area (Å²) in [5.41, 5.74) is 0.763. The van der Waals surface area contributed by atoms with Gasteiger partial charge in [-0.25, -0.2) is 4.79 Å². The first-order valence-electron chi connectivity index (χ1n) is 5.89. The van der Waals surface area contributed by atoms with Crippen LogP contribution in [0.1, 0.15) is 18.9 Å². The van der Waals surface area contributed by atoms with Crippen LogP contribution < -0.4 is 4.74 Å². The van der Waals surface area contributed by atoms with Gasteiger partial charge in [0.2, 0.25) is 0 Å². The Bertz CT molecular complexity index is 457. The summed E-state index contributed by atoms with van der Waals surface area (Å²) >= 11 is 3.37. The average molecular weight is 329 g/mol. The first-order chi connectivity index (χ1) is 9.02.